The van der Waals surface area contributed by atoms with Crippen molar-refractivity contribution in [2.75, 3.05) is 15.8 Å². The third-order valence-electron chi connectivity index (χ3n) is 6.87. The van der Waals surface area contributed by atoms with Gasteiger partial charge < -0.3 is 9.84 Å². The van der Waals surface area contributed by atoms with Crippen LogP contribution in [0.2, 0.25) is 0 Å². The first-order valence-corrected chi connectivity index (χ1v) is 15.1. The first-order valence-electron chi connectivity index (χ1n) is 12.7. The molecule has 14 heteroatoms. The van der Waals surface area contributed by atoms with Crippen molar-refractivity contribution in [3.05, 3.63) is 81.9 Å². The summed E-state index contributed by atoms with van der Waals surface area (Å²) in [5.41, 5.74) is 3.71. The maximum absolute atomic E-state index is 13.4. The van der Waals surface area contributed by atoms with Gasteiger partial charge >= 0.3 is 0 Å². The molecule has 2 aromatic carbocycles. The molecule has 41 heavy (non-hydrogen) atoms. The van der Waals surface area contributed by atoms with Gasteiger partial charge in [0.25, 0.3) is 15.6 Å². The van der Waals surface area contributed by atoms with E-state index in [1.807, 2.05) is 31.2 Å². The number of benzene rings is 2. The molecule has 12 nitrogen and oxygen atoms in total. The number of sulfonamides is 1. The van der Waals surface area contributed by atoms with E-state index >= 15 is 0 Å². The predicted octanol–water partition coefficient (Wildman–Crippen LogP) is 3.97. The fourth-order valence-corrected chi connectivity index (χ4v) is 6.74. The van der Waals surface area contributed by atoms with Crippen molar-refractivity contribution in [2.45, 2.75) is 43.3 Å². The third-order valence-corrected chi connectivity index (χ3v) is 9.31. The Morgan fingerprint density at radius 2 is 1.93 bits per heavy atom. The van der Waals surface area contributed by atoms with Gasteiger partial charge in [-0.15, -0.1) is 0 Å². The molecule has 1 aliphatic rings. The second kappa shape index (κ2) is 10.2. The highest BCUT2D eigenvalue weighted by Gasteiger charge is 2.30. The number of fused-ring (bicyclic) bond motifs is 2. The molecule has 3 aromatic heterocycles. The average Bonchev–Trinajstić information content (AvgIpc) is 3.63. The molecule has 1 atom stereocenters. The van der Waals surface area contributed by atoms with E-state index in [0.717, 1.165) is 11.3 Å². The van der Waals surface area contributed by atoms with Crippen molar-refractivity contribution in [2.24, 2.45) is 0 Å². The van der Waals surface area contributed by atoms with Crippen molar-refractivity contribution >= 4 is 50.3 Å². The molecule has 0 radical (unpaired) electrons. The Morgan fingerprint density at radius 3 is 2.63 bits per heavy atom. The molecule has 1 unspecified atom stereocenters. The largest absolute Gasteiger partial charge is 0.337 e. The lowest BCUT2D eigenvalue weighted by Gasteiger charge is -2.14. The lowest BCUT2D eigenvalue weighted by molar-refractivity contribution is -0.116. The van der Waals surface area contributed by atoms with Crippen LogP contribution in [0.3, 0.4) is 0 Å². The Morgan fingerprint density at radius 1 is 1.15 bits per heavy atom. The summed E-state index contributed by atoms with van der Waals surface area (Å²) < 4.78 is 36.1. The number of hydrogen-bond acceptors (Lipinski definition) is 9. The Bertz CT molecular complexity index is 1980. The number of thioether (sulfide) groups is 1. The molecule has 0 spiro atoms. The molecule has 6 rings (SSSR count). The molecule has 0 fully saturated rings. The molecule has 0 saturated carbocycles. The Labute approximate surface area is 238 Å². The van der Waals surface area contributed by atoms with Gasteiger partial charge in [-0.2, -0.15) is 5.10 Å². The molecule has 2 N–H and O–H groups in total. The van der Waals surface area contributed by atoms with E-state index in [9.17, 15) is 18.0 Å². The number of carbonyl (C=O) groups is 1. The summed E-state index contributed by atoms with van der Waals surface area (Å²) in [6.45, 7) is 5.40. The molecule has 5 aromatic rings. The van der Waals surface area contributed by atoms with Gasteiger partial charge in [-0.05, 0) is 62.7 Å². The SMILES string of the molecule is Cc1cccc(-n2ncc3c(=O)n4c(nc32)SCC4CC(=O)Nc2ccc(S(=O)(=O)Nc3onc(C)c3C)cc2)c1. The Kier molecular flexibility index (Phi) is 6.66. The number of aryl methyl sites for hydroxylation is 2. The van der Waals surface area contributed by atoms with Gasteiger partial charge in [0, 0.05) is 23.4 Å². The number of nitrogens with zero attached hydrogens (tertiary/aromatic N) is 5. The fraction of sp³-hybridized carbons (Fsp3) is 0.222. The molecular formula is C27H25N7O5S2. The monoisotopic (exact) mass is 591 g/mol. The van der Waals surface area contributed by atoms with Crippen LogP contribution < -0.4 is 15.6 Å². The normalized spacial score (nSPS) is 14.8. The number of amides is 1. The molecular weight excluding hydrogens is 566 g/mol. The number of carbonyl (C=O) groups excluding carboxylic acids is 1. The lowest BCUT2D eigenvalue weighted by atomic mass is 10.2. The van der Waals surface area contributed by atoms with Gasteiger partial charge in [0.05, 0.1) is 28.5 Å². The fourth-order valence-electron chi connectivity index (χ4n) is 4.56. The second-order valence-electron chi connectivity index (χ2n) is 9.77. The highest BCUT2D eigenvalue weighted by molar-refractivity contribution is 7.99. The topological polar surface area (TPSA) is 154 Å². The van der Waals surface area contributed by atoms with E-state index in [-0.39, 0.29) is 34.7 Å². The van der Waals surface area contributed by atoms with Crippen molar-refractivity contribution < 1.29 is 17.7 Å². The van der Waals surface area contributed by atoms with E-state index in [2.05, 4.69) is 20.3 Å². The highest BCUT2D eigenvalue weighted by atomic mass is 32.2. The molecule has 0 bridgehead atoms. The van der Waals surface area contributed by atoms with Crippen LogP contribution in [-0.2, 0) is 14.8 Å². The number of hydrogen-bond donors (Lipinski definition) is 2. The highest BCUT2D eigenvalue weighted by Crippen LogP contribution is 2.34. The molecule has 1 amide bonds. The standard InChI is InChI=1S/C27H25N7O5S2/c1-15-5-4-6-19(11-15)34-24-22(13-28-34)26(36)33-20(14-40-27(33)30-24)12-23(35)29-18-7-9-21(10-8-18)41(37,38)32-25-16(2)17(3)31-39-25/h4-11,13,20,32H,12,14H2,1-3H3,(H,29,35). The molecule has 210 valence electrons. The quantitative estimate of drug-likeness (QED) is 0.268. The first-order chi connectivity index (χ1) is 19.6. The van der Waals surface area contributed by atoms with E-state index in [4.69, 9.17) is 9.51 Å². The summed E-state index contributed by atoms with van der Waals surface area (Å²) in [7, 11) is -3.91. The van der Waals surface area contributed by atoms with Crippen LogP contribution in [0, 0.1) is 20.8 Å². The zero-order valence-electron chi connectivity index (χ0n) is 22.3. The number of rotatable bonds is 7. The zero-order chi connectivity index (χ0) is 28.9. The van der Waals surface area contributed by atoms with Crippen LogP contribution in [0.4, 0.5) is 11.6 Å². The number of aromatic nitrogens is 5. The third kappa shape index (κ3) is 5.00. The van der Waals surface area contributed by atoms with Crippen LogP contribution in [0.25, 0.3) is 16.7 Å². The van der Waals surface area contributed by atoms with Crippen LogP contribution in [0.5, 0.6) is 0 Å². The van der Waals surface area contributed by atoms with Crippen molar-refractivity contribution in [3.8, 4) is 5.69 Å². The van der Waals surface area contributed by atoms with E-state index in [0.29, 0.717) is 38.9 Å². The van der Waals surface area contributed by atoms with Crippen molar-refractivity contribution in [1.29, 1.82) is 0 Å². The summed E-state index contributed by atoms with van der Waals surface area (Å²) >= 11 is 1.42. The smallest absolute Gasteiger partial charge is 0.265 e. The summed E-state index contributed by atoms with van der Waals surface area (Å²) in [6.07, 6.45) is 1.56. The van der Waals surface area contributed by atoms with E-state index in [1.165, 1.54) is 42.2 Å². The van der Waals surface area contributed by atoms with Gasteiger partial charge in [-0.3, -0.25) is 14.2 Å². The number of nitrogens with one attached hydrogen (secondary N) is 2. The lowest BCUT2D eigenvalue weighted by Crippen LogP contribution is -2.27. The van der Waals surface area contributed by atoms with Crippen molar-refractivity contribution in [3.63, 3.8) is 0 Å². The molecule has 0 aliphatic carbocycles. The Hall–Kier alpha value is -4.43. The van der Waals surface area contributed by atoms with Crippen LogP contribution in [0.1, 0.15) is 29.3 Å². The average molecular weight is 592 g/mol. The predicted molar refractivity (Wildman–Crippen MR) is 154 cm³/mol. The van der Waals surface area contributed by atoms with Gasteiger partial charge in [-0.25, -0.2) is 22.8 Å². The summed E-state index contributed by atoms with van der Waals surface area (Å²) in [6, 6.07) is 13.2. The first kappa shape index (κ1) is 26.8. The summed E-state index contributed by atoms with van der Waals surface area (Å²) in [5.74, 6) is 0.260. The summed E-state index contributed by atoms with van der Waals surface area (Å²) in [5, 5.41) is 11.9. The van der Waals surface area contributed by atoms with E-state index in [1.54, 1.807) is 23.1 Å². The van der Waals surface area contributed by atoms with Gasteiger partial charge in [0.2, 0.25) is 11.8 Å². The molecule has 0 saturated heterocycles. The second-order valence-corrected chi connectivity index (χ2v) is 12.4. The maximum Gasteiger partial charge on any atom is 0.265 e. The van der Waals surface area contributed by atoms with Gasteiger partial charge in [0.1, 0.15) is 5.39 Å². The van der Waals surface area contributed by atoms with Crippen LogP contribution in [-0.4, -0.2) is 44.6 Å². The molecule has 1 aliphatic heterocycles. The minimum Gasteiger partial charge on any atom is -0.337 e. The zero-order valence-corrected chi connectivity index (χ0v) is 23.9. The van der Waals surface area contributed by atoms with Gasteiger partial charge in [0.15, 0.2) is 10.8 Å². The van der Waals surface area contributed by atoms with Crippen molar-refractivity contribution in [1.82, 2.24) is 24.5 Å². The minimum atomic E-state index is -3.91. The van der Waals surface area contributed by atoms with Crippen LogP contribution in [0.15, 0.2) is 74.1 Å². The molecule has 4 heterocycles. The maximum atomic E-state index is 13.4. The van der Waals surface area contributed by atoms with Gasteiger partial charge in [-0.1, -0.05) is 29.1 Å². The Balaban J connectivity index is 1.16. The van der Waals surface area contributed by atoms with E-state index < -0.39 is 10.0 Å². The van der Waals surface area contributed by atoms with Crippen LogP contribution >= 0.6 is 11.8 Å². The minimum absolute atomic E-state index is 0.00192. The number of anilines is 2. The summed E-state index contributed by atoms with van der Waals surface area (Å²) in [4.78, 5) is 31.0.